The van der Waals surface area contributed by atoms with Gasteiger partial charge in [-0.2, -0.15) is 0 Å². The minimum atomic E-state index is -0.757. The average Bonchev–Trinajstić information content (AvgIpc) is 3.22. The van der Waals surface area contributed by atoms with E-state index in [4.69, 9.17) is 9.47 Å². The van der Waals surface area contributed by atoms with Crippen LogP contribution in [0.25, 0.3) is 0 Å². The van der Waals surface area contributed by atoms with E-state index in [-0.39, 0.29) is 23.5 Å². The lowest BCUT2D eigenvalue weighted by Crippen LogP contribution is -2.50. The zero-order chi connectivity index (χ0) is 30.3. The molecule has 0 bridgehead atoms. The molecule has 234 valence electrons. The Morgan fingerprint density at radius 1 is 1.02 bits per heavy atom. The molecule has 4 aliphatic rings. The zero-order valence-corrected chi connectivity index (χ0v) is 27.4. The number of rotatable bonds is 8. The van der Waals surface area contributed by atoms with Crippen molar-refractivity contribution in [1.29, 1.82) is 0 Å². The summed E-state index contributed by atoms with van der Waals surface area (Å²) in [6.45, 7) is 18.8. The number of nitrogens with one attached hydrogen (secondary N) is 1. The molecule has 0 heterocycles. The van der Waals surface area contributed by atoms with Gasteiger partial charge in [-0.05, 0) is 138 Å². The normalized spacial score (nSPS) is 37.1. The molecule has 1 amide bonds. The van der Waals surface area contributed by atoms with Crippen molar-refractivity contribution in [2.45, 2.75) is 150 Å². The second-order valence-corrected chi connectivity index (χ2v) is 16.0. The molecule has 0 spiro atoms. The number of aliphatic hydroxyl groups is 1. The smallest absolute Gasteiger partial charge is 0.408 e. The van der Waals surface area contributed by atoms with E-state index >= 15 is 0 Å². The quantitative estimate of drug-likeness (QED) is 0.228. The van der Waals surface area contributed by atoms with E-state index in [1.54, 1.807) is 33.3 Å². The van der Waals surface area contributed by atoms with Gasteiger partial charge in [0.15, 0.2) is 0 Å². The van der Waals surface area contributed by atoms with Crippen LogP contribution in [0.1, 0.15) is 127 Å². The van der Waals surface area contributed by atoms with Crippen molar-refractivity contribution in [2.24, 2.45) is 46.3 Å². The molecule has 6 nitrogen and oxygen atoms in total. The van der Waals surface area contributed by atoms with Gasteiger partial charge < -0.3 is 19.9 Å². The fourth-order valence-corrected chi connectivity index (χ4v) is 9.57. The lowest BCUT2D eigenvalue weighted by molar-refractivity contribution is -0.154. The highest BCUT2D eigenvalue weighted by Crippen LogP contribution is 2.67. The minimum Gasteiger partial charge on any atom is -0.461 e. The molecule has 0 radical (unpaired) electrons. The van der Waals surface area contributed by atoms with Crippen molar-refractivity contribution in [3.8, 4) is 0 Å². The molecule has 0 aromatic carbocycles. The number of ether oxygens (including phenoxy) is 2. The zero-order valence-electron chi connectivity index (χ0n) is 27.4. The minimum absolute atomic E-state index is 0.144. The van der Waals surface area contributed by atoms with Gasteiger partial charge in [-0.25, -0.2) is 9.59 Å². The van der Waals surface area contributed by atoms with Gasteiger partial charge in [0.05, 0.1) is 6.10 Å². The van der Waals surface area contributed by atoms with Crippen LogP contribution in [0.15, 0.2) is 11.6 Å². The summed E-state index contributed by atoms with van der Waals surface area (Å²) in [5.41, 5.74) is 1.60. The van der Waals surface area contributed by atoms with Crippen LogP contribution in [0.2, 0.25) is 0 Å². The number of esters is 1. The predicted molar refractivity (Wildman–Crippen MR) is 163 cm³/mol. The number of hydrogen-bond acceptors (Lipinski definition) is 5. The van der Waals surface area contributed by atoms with Crippen LogP contribution in [-0.4, -0.2) is 41.0 Å². The average molecular weight is 574 g/mol. The third-order valence-electron chi connectivity index (χ3n) is 11.8. The first-order chi connectivity index (χ1) is 19.0. The number of hydrogen-bond donors (Lipinski definition) is 2. The fraction of sp³-hybridized carbons (Fsp3) is 0.886. The summed E-state index contributed by atoms with van der Waals surface area (Å²) in [6.07, 6.45) is 13.0. The van der Waals surface area contributed by atoms with E-state index < -0.39 is 23.7 Å². The highest BCUT2D eigenvalue weighted by atomic mass is 16.6. The van der Waals surface area contributed by atoms with Gasteiger partial charge >= 0.3 is 12.1 Å². The van der Waals surface area contributed by atoms with Crippen molar-refractivity contribution in [2.75, 3.05) is 0 Å². The van der Waals surface area contributed by atoms with Gasteiger partial charge in [0.2, 0.25) is 0 Å². The van der Waals surface area contributed by atoms with Crippen molar-refractivity contribution in [3.63, 3.8) is 0 Å². The molecule has 0 aromatic heterocycles. The molecule has 0 unspecified atom stereocenters. The number of fused-ring (bicyclic) bond motifs is 5. The molecule has 6 heteroatoms. The monoisotopic (exact) mass is 573 g/mol. The summed E-state index contributed by atoms with van der Waals surface area (Å²) in [5, 5.41) is 12.9. The highest BCUT2D eigenvalue weighted by molar-refractivity contribution is 5.81. The Balaban J connectivity index is 1.34. The van der Waals surface area contributed by atoms with E-state index in [2.05, 4.69) is 46.0 Å². The Kier molecular flexibility index (Phi) is 9.63. The number of amides is 1. The van der Waals surface area contributed by atoms with E-state index in [9.17, 15) is 14.7 Å². The number of carbonyl (C=O) groups is 2. The summed E-state index contributed by atoms with van der Waals surface area (Å²) in [7, 11) is 0. The van der Waals surface area contributed by atoms with Crippen molar-refractivity contribution in [3.05, 3.63) is 11.6 Å². The molecule has 0 aliphatic heterocycles. The van der Waals surface area contributed by atoms with Crippen LogP contribution in [0.4, 0.5) is 4.79 Å². The van der Waals surface area contributed by atoms with Crippen LogP contribution >= 0.6 is 0 Å². The standard InChI is InChI=1S/C35H59NO5/c1-21(2)30(40-31(38)23(4)36-32(39)41-33(5,6)7)15-10-22(3)27-13-14-28-26-12-11-24-20-25(37)16-18-34(24,8)29(26)17-19-35(27,28)9/h11,21-23,25-30,37H,10,12-20H2,1-9H3,(H,36,39)/t22-,23+,25+,26+,27-,28+,29+,30+,34+,35-/m1/s1. The first kappa shape index (κ1) is 32.4. The highest BCUT2D eigenvalue weighted by Gasteiger charge is 2.59. The molecule has 3 fully saturated rings. The van der Waals surface area contributed by atoms with E-state index in [1.165, 1.54) is 32.1 Å². The van der Waals surface area contributed by atoms with Crippen LogP contribution in [0.3, 0.4) is 0 Å². The second-order valence-electron chi connectivity index (χ2n) is 16.0. The number of alkyl carbamates (subject to hydrolysis) is 1. The number of aliphatic hydroxyl groups excluding tert-OH is 1. The van der Waals surface area contributed by atoms with E-state index in [0.717, 1.165) is 49.9 Å². The number of carbonyl (C=O) groups excluding carboxylic acids is 2. The largest absolute Gasteiger partial charge is 0.461 e. The van der Waals surface area contributed by atoms with Crippen molar-refractivity contribution in [1.82, 2.24) is 5.32 Å². The summed E-state index contributed by atoms with van der Waals surface area (Å²) in [5.74, 6) is 3.42. The maximum absolute atomic E-state index is 12.9. The van der Waals surface area contributed by atoms with Crippen LogP contribution in [0, 0.1) is 46.3 Å². The van der Waals surface area contributed by atoms with Gasteiger partial charge in [-0.3, -0.25) is 0 Å². The third-order valence-corrected chi connectivity index (χ3v) is 11.8. The van der Waals surface area contributed by atoms with Crippen LogP contribution in [0.5, 0.6) is 0 Å². The van der Waals surface area contributed by atoms with Gasteiger partial charge in [0.25, 0.3) is 0 Å². The van der Waals surface area contributed by atoms with Crippen LogP contribution < -0.4 is 5.32 Å². The molecule has 0 saturated heterocycles. The molecular weight excluding hydrogens is 514 g/mol. The Morgan fingerprint density at radius 3 is 2.39 bits per heavy atom. The molecule has 3 saturated carbocycles. The van der Waals surface area contributed by atoms with Gasteiger partial charge in [-0.1, -0.05) is 46.3 Å². The Bertz CT molecular complexity index is 984. The van der Waals surface area contributed by atoms with E-state index in [1.807, 2.05) is 0 Å². The Morgan fingerprint density at radius 2 is 1.73 bits per heavy atom. The summed E-state index contributed by atoms with van der Waals surface area (Å²) in [6, 6.07) is -0.757. The fourth-order valence-electron chi connectivity index (χ4n) is 9.57. The summed E-state index contributed by atoms with van der Waals surface area (Å²) < 4.78 is 11.3. The first-order valence-corrected chi connectivity index (χ1v) is 16.6. The van der Waals surface area contributed by atoms with Crippen molar-refractivity contribution < 1.29 is 24.2 Å². The summed E-state index contributed by atoms with van der Waals surface area (Å²) in [4.78, 5) is 25.0. The van der Waals surface area contributed by atoms with Crippen LogP contribution in [-0.2, 0) is 14.3 Å². The van der Waals surface area contributed by atoms with Gasteiger partial charge in [-0.15, -0.1) is 0 Å². The molecule has 0 aromatic rings. The summed E-state index contributed by atoms with van der Waals surface area (Å²) >= 11 is 0. The Labute approximate surface area is 249 Å². The maximum atomic E-state index is 12.9. The van der Waals surface area contributed by atoms with E-state index in [0.29, 0.717) is 17.3 Å². The second kappa shape index (κ2) is 12.2. The van der Waals surface area contributed by atoms with Gasteiger partial charge in [0.1, 0.15) is 17.7 Å². The first-order valence-electron chi connectivity index (χ1n) is 16.6. The van der Waals surface area contributed by atoms with Gasteiger partial charge in [0, 0.05) is 0 Å². The molecule has 41 heavy (non-hydrogen) atoms. The molecule has 4 rings (SSSR count). The lowest BCUT2D eigenvalue weighted by atomic mass is 9.47. The molecule has 2 N–H and O–H groups in total. The topological polar surface area (TPSA) is 84.9 Å². The molecular formula is C35H59NO5. The molecule has 4 aliphatic carbocycles. The lowest BCUT2D eigenvalue weighted by Gasteiger charge is -2.58. The third kappa shape index (κ3) is 6.83. The SMILES string of the molecule is CC(C)[C@H](CC[C@@H](C)[C@H]1CC[C@H]2[C@@H]3CC=C4C[C@@H](O)CC[C@]4(C)[C@H]3CC[C@]12C)OC(=O)[C@H](C)NC(=O)OC(C)(C)C. The maximum Gasteiger partial charge on any atom is 0.408 e. The number of allylic oxidation sites excluding steroid dienone is 1. The Hall–Kier alpha value is -1.56. The molecule has 10 atom stereocenters. The predicted octanol–water partition coefficient (Wildman–Crippen LogP) is 7.82. The van der Waals surface area contributed by atoms with Crippen molar-refractivity contribution >= 4 is 12.1 Å².